The molecule has 3 heteroatoms. The summed E-state index contributed by atoms with van der Waals surface area (Å²) in [6, 6.07) is 0. The highest BCUT2D eigenvalue weighted by atomic mass is 35.5. The minimum absolute atomic E-state index is 0.321. The van der Waals surface area contributed by atoms with E-state index in [1.165, 1.54) is 51.4 Å². The molecule has 0 aliphatic carbocycles. The first-order valence-corrected chi connectivity index (χ1v) is 9.16. The minimum atomic E-state index is -0.569. The molecule has 0 heterocycles. The Morgan fingerprint density at radius 1 is 0.950 bits per heavy atom. The number of rotatable bonds is 12. The third kappa shape index (κ3) is 8.10. The van der Waals surface area contributed by atoms with Crippen molar-refractivity contribution in [3.63, 3.8) is 0 Å². The molecular formula is C17H34Cl2O. The Balaban J connectivity index is 3.74. The van der Waals surface area contributed by atoms with Crippen molar-refractivity contribution in [3.05, 3.63) is 0 Å². The first-order valence-electron chi connectivity index (χ1n) is 8.35. The summed E-state index contributed by atoms with van der Waals surface area (Å²) < 4.78 is 0. The first kappa shape index (κ1) is 20.5. The van der Waals surface area contributed by atoms with Crippen LogP contribution in [0.5, 0.6) is 0 Å². The molecule has 0 rings (SSSR count). The molecule has 0 bridgehead atoms. The van der Waals surface area contributed by atoms with E-state index < -0.39 is 16.4 Å². The molecule has 0 amide bonds. The molecular weight excluding hydrogens is 291 g/mol. The zero-order chi connectivity index (χ0) is 15.6. The van der Waals surface area contributed by atoms with Crippen LogP contribution < -0.4 is 0 Å². The van der Waals surface area contributed by atoms with Crippen LogP contribution in [0.25, 0.3) is 0 Å². The lowest BCUT2D eigenvalue weighted by Gasteiger charge is -2.35. The fourth-order valence-electron chi connectivity index (χ4n) is 2.61. The smallest absolute Gasteiger partial charge is 0.0783 e. The molecule has 4 atom stereocenters. The van der Waals surface area contributed by atoms with Crippen LogP contribution in [-0.2, 0) is 0 Å². The van der Waals surface area contributed by atoms with Crippen molar-refractivity contribution in [3.8, 4) is 0 Å². The highest BCUT2D eigenvalue weighted by Crippen LogP contribution is 2.36. The van der Waals surface area contributed by atoms with Crippen LogP contribution in [0.4, 0.5) is 0 Å². The van der Waals surface area contributed by atoms with Crippen molar-refractivity contribution >= 4 is 23.2 Å². The summed E-state index contributed by atoms with van der Waals surface area (Å²) in [6.07, 6.45) is 11.1. The van der Waals surface area contributed by atoms with Gasteiger partial charge in [0.2, 0.25) is 0 Å². The van der Waals surface area contributed by atoms with E-state index >= 15 is 0 Å². The molecule has 20 heavy (non-hydrogen) atoms. The molecule has 1 N–H and O–H groups in total. The lowest BCUT2D eigenvalue weighted by atomic mass is 9.85. The van der Waals surface area contributed by atoms with E-state index in [0.717, 1.165) is 6.42 Å². The predicted octanol–water partition coefficient (Wildman–Crippen LogP) is 6.14. The zero-order valence-corrected chi connectivity index (χ0v) is 15.3. The number of hydrogen-bond acceptors (Lipinski definition) is 1. The summed E-state index contributed by atoms with van der Waals surface area (Å²) in [5.41, 5.74) is 0. The van der Waals surface area contributed by atoms with Gasteiger partial charge in [-0.05, 0) is 26.2 Å². The second-order valence-electron chi connectivity index (χ2n) is 6.46. The molecule has 0 aliphatic heterocycles. The van der Waals surface area contributed by atoms with Crippen LogP contribution in [-0.4, -0.2) is 21.5 Å². The van der Waals surface area contributed by atoms with E-state index in [0.29, 0.717) is 5.92 Å². The molecule has 122 valence electrons. The van der Waals surface area contributed by atoms with Crippen molar-refractivity contribution in [2.24, 2.45) is 5.92 Å². The molecule has 0 saturated carbocycles. The monoisotopic (exact) mass is 324 g/mol. The van der Waals surface area contributed by atoms with Gasteiger partial charge in [0.25, 0.3) is 0 Å². The topological polar surface area (TPSA) is 20.2 Å². The van der Waals surface area contributed by atoms with Gasteiger partial charge in [-0.25, -0.2) is 0 Å². The highest BCUT2D eigenvalue weighted by molar-refractivity contribution is 6.32. The fraction of sp³-hybridized carbons (Fsp3) is 1.00. The second-order valence-corrected chi connectivity index (χ2v) is 7.74. The average Bonchev–Trinajstić information content (AvgIpc) is 2.40. The van der Waals surface area contributed by atoms with Gasteiger partial charge in [-0.2, -0.15) is 0 Å². The maximum atomic E-state index is 9.60. The van der Waals surface area contributed by atoms with Crippen molar-refractivity contribution in [2.75, 3.05) is 0 Å². The SMILES string of the molecule is CCCCCCCCCCC(C)C(C)(Cl)C(Cl)C(C)O. The van der Waals surface area contributed by atoms with E-state index in [1.54, 1.807) is 6.92 Å². The summed E-state index contributed by atoms with van der Waals surface area (Å²) in [6.45, 7) is 8.06. The van der Waals surface area contributed by atoms with Gasteiger partial charge in [-0.3, -0.25) is 0 Å². The van der Waals surface area contributed by atoms with Crippen LogP contribution >= 0.6 is 23.2 Å². The normalized spacial score (nSPS) is 19.4. The van der Waals surface area contributed by atoms with Gasteiger partial charge in [0.05, 0.1) is 16.4 Å². The largest absolute Gasteiger partial charge is 0.392 e. The zero-order valence-electron chi connectivity index (χ0n) is 13.8. The minimum Gasteiger partial charge on any atom is -0.392 e. The van der Waals surface area contributed by atoms with E-state index in [9.17, 15) is 5.11 Å². The quantitative estimate of drug-likeness (QED) is 0.337. The first-order chi connectivity index (χ1) is 9.34. The summed E-state index contributed by atoms with van der Waals surface area (Å²) >= 11 is 12.8. The van der Waals surface area contributed by atoms with Crippen molar-refractivity contribution in [1.29, 1.82) is 0 Å². The van der Waals surface area contributed by atoms with Crippen molar-refractivity contribution in [1.82, 2.24) is 0 Å². The molecule has 0 radical (unpaired) electrons. The third-order valence-corrected chi connectivity index (χ3v) is 5.95. The Kier molecular flexibility index (Phi) is 11.5. The molecule has 0 saturated heterocycles. The Hall–Kier alpha value is 0.540. The van der Waals surface area contributed by atoms with Crippen molar-refractivity contribution in [2.45, 2.75) is 102 Å². The number of hydrogen-bond donors (Lipinski definition) is 1. The summed E-state index contributed by atoms with van der Waals surface area (Å²) in [4.78, 5) is -0.531. The van der Waals surface area contributed by atoms with Crippen LogP contribution in [0.2, 0.25) is 0 Å². The number of unbranched alkanes of at least 4 members (excludes halogenated alkanes) is 7. The van der Waals surface area contributed by atoms with Gasteiger partial charge in [-0.15, -0.1) is 23.2 Å². The molecule has 1 nitrogen and oxygen atoms in total. The van der Waals surface area contributed by atoms with E-state index in [2.05, 4.69) is 13.8 Å². The Morgan fingerprint density at radius 3 is 1.85 bits per heavy atom. The van der Waals surface area contributed by atoms with E-state index in [-0.39, 0.29) is 0 Å². The maximum absolute atomic E-state index is 9.60. The van der Waals surface area contributed by atoms with Crippen LogP contribution in [0.1, 0.15) is 85.5 Å². The van der Waals surface area contributed by atoms with Gasteiger partial charge in [-0.1, -0.05) is 65.2 Å². The number of alkyl halides is 2. The molecule has 0 aromatic rings. The lowest BCUT2D eigenvalue weighted by molar-refractivity contribution is 0.160. The molecule has 0 aliphatic rings. The summed E-state index contributed by atoms with van der Waals surface area (Å²) in [7, 11) is 0. The Labute approximate surface area is 136 Å². The standard InChI is InChI=1S/C17H34Cl2O/c1-5-6-7-8-9-10-11-12-13-14(2)17(4,19)16(18)15(3)20/h14-16,20H,5-13H2,1-4H3. The van der Waals surface area contributed by atoms with Crippen LogP contribution in [0, 0.1) is 5.92 Å². The third-order valence-electron chi connectivity index (χ3n) is 4.42. The summed E-state index contributed by atoms with van der Waals surface area (Å²) in [5.74, 6) is 0.321. The molecule has 4 unspecified atom stereocenters. The molecule has 0 aromatic carbocycles. The van der Waals surface area contributed by atoms with Gasteiger partial charge in [0, 0.05) is 0 Å². The van der Waals surface area contributed by atoms with Crippen LogP contribution in [0.15, 0.2) is 0 Å². The maximum Gasteiger partial charge on any atom is 0.0783 e. The predicted molar refractivity (Wildman–Crippen MR) is 92.0 cm³/mol. The van der Waals surface area contributed by atoms with Gasteiger partial charge < -0.3 is 5.11 Å². The van der Waals surface area contributed by atoms with Crippen LogP contribution in [0.3, 0.4) is 0 Å². The van der Waals surface area contributed by atoms with Gasteiger partial charge in [0.15, 0.2) is 0 Å². The van der Waals surface area contributed by atoms with E-state index in [4.69, 9.17) is 23.2 Å². The lowest BCUT2D eigenvalue weighted by Crippen LogP contribution is -2.42. The Morgan fingerprint density at radius 2 is 1.40 bits per heavy atom. The number of halogens is 2. The summed E-state index contributed by atoms with van der Waals surface area (Å²) in [5, 5.41) is 9.21. The molecule has 0 spiro atoms. The second kappa shape index (κ2) is 11.2. The van der Waals surface area contributed by atoms with Gasteiger partial charge >= 0.3 is 0 Å². The van der Waals surface area contributed by atoms with Gasteiger partial charge in [0.1, 0.15) is 0 Å². The average molecular weight is 325 g/mol. The number of aliphatic hydroxyl groups excluding tert-OH is 1. The van der Waals surface area contributed by atoms with E-state index in [1.807, 2.05) is 6.92 Å². The molecule has 0 aromatic heterocycles. The molecule has 0 fully saturated rings. The number of aliphatic hydroxyl groups is 1. The fourth-order valence-corrected chi connectivity index (χ4v) is 3.12. The Bertz CT molecular complexity index is 229. The highest BCUT2D eigenvalue weighted by Gasteiger charge is 2.38. The van der Waals surface area contributed by atoms with Crippen molar-refractivity contribution < 1.29 is 5.11 Å².